The van der Waals surface area contributed by atoms with Crippen LogP contribution in [0.2, 0.25) is 5.02 Å². The molecule has 1 fully saturated rings. The lowest BCUT2D eigenvalue weighted by Gasteiger charge is -2.35. The standard InChI is InChI=1S/C21H27ClN4O/c1-15-4-5-18(12-16(15)2)17(3)24-21(27)14-25-8-10-26(11-9-25)20-7-6-19(22)13-23-20/h4-7,12-13,17H,8-11,14H2,1-3H3,(H,24,27). The van der Waals surface area contributed by atoms with Gasteiger partial charge < -0.3 is 10.2 Å². The normalized spacial score (nSPS) is 16.2. The van der Waals surface area contributed by atoms with Crippen LogP contribution in [0.25, 0.3) is 0 Å². The van der Waals surface area contributed by atoms with Crippen molar-refractivity contribution < 1.29 is 4.79 Å². The number of aryl methyl sites for hydroxylation is 2. The van der Waals surface area contributed by atoms with Crippen LogP contribution >= 0.6 is 11.6 Å². The second kappa shape index (κ2) is 8.72. The molecule has 1 saturated heterocycles. The van der Waals surface area contributed by atoms with Crippen molar-refractivity contribution in [3.05, 3.63) is 58.2 Å². The first kappa shape index (κ1) is 19.6. The Bertz CT molecular complexity index is 785. The van der Waals surface area contributed by atoms with Crippen LogP contribution in [0.15, 0.2) is 36.5 Å². The molecule has 1 aliphatic heterocycles. The third-order valence-corrected chi connectivity index (χ3v) is 5.41. The third kappa shape index (κ3) is 5.21. The number of anilines is 1. The molecule has 0 radical (unpaired) electrons. The monoisotopic (exact) mass is 386 g/mol. The number of hydrogen-bond donors (Lipinski definition) is 1. The number of halogens is 1. The Morgan fingerprint density at radius 2 is 1.89 bits per heavy atom. The molecule has 1 unspecified atom stereocenters. The van der Waals surface area contributed by atoms with E-state index in [0.717, 1.165) is 37.6 Å². The van der Waals surface area contributed by atoms with Gasteiger partial charge in [0.15, 0.2) is 0 Å². The van der Waals surface area contributed by atoms with Crippen LogP contribution in [-0.4, -0.2) is 48.5 Å². The Morgan fingerprint density at radius 1 is 1.15 bits per heavy atom. The van der Waals surface area contributed by atoms with Crippen LogP contribution in [0.5, 0.6) is 0 Å². The van der Waals surface area contributed by atoms with Crippen molar-refractivity contribution in [3.63, 3.8) is 0 Å². The van der Waals surface area contributed by atoms with Crippen LogP contribution in [0, 0.1) is 13.8 Å². The highest BCUT2D eigenvalue weighted by Gasteiger charge is 2.20. The van der Waals surface area contributed by atoms with E-state index < -0.39 is 0 Å². The maximum Gasteiger partial charge on any atom is 0.234 e. The van der Waals surface area contributed by atoms with E-state index in [-0.39, 0.29) is 11.9 Å². The maximum absolute atomic E-state index is 12.4. The lowest BCUT2D eigenvalue weighted by molar-refractivity contribution is -0.123. The van der Waals surface area contributed by atoms with Crippen molar-refractivity contribution in [2.45, 2.75) is 26.8 Å². The lowest BCUT2D eigenvalue weighted by atomic mass is 10.0. The van der Waals surface area contributed by atoms with Gasteiger partial charge in [0.25, 0.3) is 0 Å². The summed E-state index contributed by atoms with van der Waals surface area (Å²) in [6.45, 7) is 10.1. The van der Waals surface area contributed by atoms with E-state index in [1.54, 1.807) is 6.20 Å². The second-order valence-electron chi connectivity index (χ2n) is 7.23. The predicted molar refractivity (Wildman–Crippen MR) is 110 cm³/mol. The van der Waals surface area contributed by atoms with E-state index in [1.807, 2.05) is 19.1 Å². The fourth-order valence-electron chi connectivity index (χ4n) is 3.30. The highest BCUT2D eigenvalue weighted by molar-refractivity contribution is 6.30. The van der Waals surface area contributed by atoms with Gasteiger partial charge in [-0.2, -0.15) is 0 Å². The number of piperazine rings is 1. The zero-order chi connectivity index (χ0) is 19.4. The Labute approximate surface area is 166 Å². The summed E-state index contributed by atoms with van der Waals surface area (Å²) in [6.07, 6.45) is 1.67. The molecule has 0 spiro atoms. The molecule has 1 atom stereocenters. The average Bonchev–Trinajstić information content (AvgIpc) is 2.65. The lowest BCUT2D eigenvalue weighted by Crippen LogP contribution is -2.49. The largest absolute Gasteiger partial charge is 0.354 e. The van der Waals surface area contributed by atoms with Crippen LogP contribution in [-0.2, 0) is 4.79 Å². The Balaban J connectivity index is 1.47. The molecule has 27 heavy (non-hydrogen) atoms. The van der Waals surface area contributed by atoms with Crippen molar-refractivity contribution in [1.82, 2.24) is 15.2 Å². The highest BCUT2D eigenvalue weighted by Crippen LogP contribution is 2.18. The number of nitrogens with zero attached hydrogens (tertiary/aromatic N) is 3. The smallest absolute Gasteiger partial charge is 0.234 e. The molecule has 144 valence electrons. The number of carbonyl (C=O) groups is 1. The van der Waals surface area contributed by atoms with Crippen molar-refractivity contribution in [2.24, 2.45) is 0 Å². The van der Waals surface area contributed by atoms with Crippen LogP contribution < -0.4 is 10.2 Å². The van der Waals surface area contributed by atoms with E-state index in [1.165, 1.54) is 11.1 Å². The molecular weight excluding hydrogens is 360 g/mol. The number of pyridine rings is 1. The fourth-order valence-corrected chi connectivity index (χ4v) is 3.41. The molecule has 5 nitrogen and oxygen atoms in total. The molecule has 1 aromatic heterocycles. The molecule has 1 aliphatic rings. The van der Waals surface area contributed by atoms with Gasteiger partial charge in [-0.1, -0.05) is 29.8 Å². The molecule has 1 aromatic carbocycles. The molecule has 1 amide bonds. The minimum Gasteiger partial charge on any atom is -0.354 e. The van der Waals surface area contributed by atoms with E-state index >= 15 is 0 Å². The molecule has 0 aliphatic carbocycles. The van der Waals surface area contributed by atoms with Gasteiger partial charge in [-0.05, 0) is 49.6 Å². The molecular formula is C21H27ClN4O. The van der Waals surface area contributed by atoms with Gasteiger partial charge in [0, 0.05) is 32.4 Å². The molecule has 6 heteroatoms. The zero-order valence-electron chi connectivity index (χ0n) is 16.2. The van der Waals surface area contributed by atoms with E-state index in [2.05, 4.69) is 52.1 Å². The second-order valence-corrected chi connectivity index (χ2v) is 7.67. The first-order valence-corrected chi connectivity index (χ1v) is 9.75. The summed E-state index contributed by atoms with van der Waals surface area (Å²) in [4.78, 5) is 21.2. The number of rotatable bonds is 5. The number of benzene rings is 1. The highest BCUT2D eigenvalue weighted by atomic mass is 35.5. The Kier molecular flexibility index (Phi) is 6.34. The molecule has 0 bridgehead atoms. The number of aromatic nitrogens is 1. The molecule has 2 heterocycles. The summed E-state index contributed by atoms with van der Waals surface area (Å²) < 4.78 is 0. The third-order valence-electron chi connectivity index (χ3n) is 5.18. The number of nitrogens with one attached hydrogen (secondary N) is 1. The molecule has 2 aromatic rings. The van der Waals surface area contributed by atoms with Crippen LogP contribution in [0.4, 0.5) is 5.82 Å². The summed E-state index contributed by atoms with van der Waals surface area (Å²) in [5.74, 6) is 1.01. The number of carbonyl (C=O) groups excluding carboxylic acids is 1. The summed E-state index contributed by atoms with van der Waals surface area (Å²) in [5.41, 5.74) is 3.66. The minimum absolute atomic E-state index is 0.0105. The van der Waals surface area contributed by atoms with Crippen molar-refractivity contribution in [2.75, 3.05) is 37.6 Å². The van der Waals surface area contributed by atoms with Gasteiger partial charge in [0.2, 0.25) is 5.91 Å². The topological polar surface area (TPSA) is 48.5 Å². The SMILES string of the molecule is Cc1ccc(C(C)NC(=O)CN2CCN(c3ccc(Cl)cn3)CC2)cc1C. The van der Waals surface area contributed by atoms with E-state index in [4.69, 9.17) is 11.6 Å². The van der Waals surface area contributed by atoms with E-state index in [9.17, 15) is 4.79 Å². The van der Waals surface area contributed by atoms with Gasteiger partial charge in [-0.3, -0.25) is 9.69 Å². The zero-order valence-corrected chi connectivity index (χ0v) is 17.0. The van der Waals surface area contributed by atoms with Gasteiger partial charge in [0.05, 0.1) is 17.6 Å². The summed E-state index contributed by atoms with van der Waals surface area (Å²) >= 11 is 5.90. The Morgan fingerprint density at radius 3 is 2.52 bits per heavy atom. The number of hydrogen-bond acceptors (Lipinski definition) is 4. The quantitative estimate of drug-likeness (QED) is 0.856. The van der Waals surface area contributed by atoms with Crippen molar-refractivity contribution >= 4 is 23.3 Å². The number of amides is 1. The maximum atomic E-state index is 12.4. The first-order valence-electron chi connectivity index (χ1n) is 9.38. The summed E-state index contributed by atoms with van der Waals surface area (Å²) in [6, 6.07) is 10.2. The van der Waals surface area contributed by atoms with Crippen molar-refractivity contribution in [1.29, 1.82) is 0 Å². The first-order chi connectivity index (χ1) is 12.9. The van der Waals surface area contributed by atoms with Gasteiger partial charge in [-0.25, -0.2) is 4.98 Å². The fraction of sp³-hybridized carbons (Fsp3) is 0.429. The predicted octanol–water partition coefficient (Wildman–Crippen LogP) is 3.35. The molecule has 1 N–H and O–H groups in total. The van der Waals surface area contributed by atoms with E-state index in [0.29, 0.717) is 11.6 Å². The summed E-state index contributed by atoms with van der Waals surface area (Å²) in [5, 5.41) is 3.76. The van der Waals surface area contributed by atoms with Crippen LogP contribution in [0.1, 0.15) is 29.7 Å². The van der Waals surface area contributed by atoms with Gasteiger partial charge in [0.1, 0.15) is 5.82 Å². The molecule has 3 rings (SSSR count). The van der Waals surface area contributed by atoms with Crippen LogP contribution in [0.3, 0.4) is 0 Å². The van der Waals surface area contributed by atoms with Gasteiger partial charge in [-0.15, -0.1) is 0 Å². The van der Waals surface area contributed by atoms with Crippen molar-refractivity contribution in [3.8, 4) is 0 Å². The molecule has 0 saturated carbocycles. The average molecular weight is 387 g/mol. The summed E-state index contributed by atoms with van der Waals surface area (Å²) in [7, 11) is 0. The minimum atomic E-state index is 0.0105. The van der Waals surface area contributed by atoms with Gasteiger partial charge >= 0.3 is 0 Å². The Hall–Kier alpha value is -2.11.